The minimum atomic E-state index is 0. The van der Waals surface area contributed by atoms with E-state index in [-0.39, 0.29) is 83.1 Å². The van der Waals surface area contributed by atoms with Gasteiger partial charge in [-0.2, -0.15) is 0 Å². The van der Waals surface area contributed by atoms with Gasteiger partial charge in [-0.15, -0.1) is 0 Å². The van der Waals surface area contributed by atoms with Crippen LogP contribution in [-0.2, 0) is 21.1 Å². The Morgan fingerprint density at radius 3 is 0.333 bits per heavy atom. The van der Waals surface area contributed by atoms with E-state index >= 15 is 0 Å². The first-order chi connectivity index (χ1) is 0. The Morgan fingerprint density at radius 1 is 0.333 bits per heavy atom. The van der Waals surface area contributed by atoms with E-state index in [2.05, 4.69) is 0 Å². The smallest absolute Gasteiger partial charge is 0 e. The third kappa shape index (κ3) is 35.4. The molecular weight excluding hydrogens is 273 g/mol. The second-order valence-electron chi connectivity index (χ2n) is 0. The summed E-state index contributed by atoms with van der Waals surface area (Å²) < 4.78 is 0. The van der Waals surface area contributed by atoms with Gasteiger partial charge in [-0.1, -0.05) is 0 Å². The Kier molecular flexibility index (Phi) is 889. The van der Waals surface area contributed by atoms with Gasteiger partial charge in [-0.05, 0) is 0 Å². The molecular formula is Cl5Mo-5. The van der Waals surface area contributed by atoms with Crippen LogP contribution in [0.2, 0.25) is 0 Å². The van der Waals surface area contributed by atoms with Gasteiger partial charge in [-0.3, -0.25) is 0 Å². The molecule has 0 rings (SSSR count). The Labute approximate surface area is 82.5 Å². The molecule has 0 saturated heterocycles. The van der Waals surface area contributed by atoms with E-state index in [1.54, 1.807) is 0 Å². The van der Waals surface area contributed by atoms with E-state index in [4.69, 9.17) is 0 Å². The third-order valence-electron chi connectivity index (χ3n) is 0. The molecule has 0 atom stereocenters. The third-order valence-corrected chi connectivity index (χ3v) is 0. The average molecular weight is 273 g/mol. The van der Waals surface area contributed by atoms with Crippen molar-refractivity contribution in [1.29, 1.82) is 0 Å². The second kappa shape index (κ2) is 58.8. The molecule has 0 unspecified atom stereocenters. The summed E-state index contributed by atoms with van der Waals surface area (Å²) >= 11 is 0. The monoisotopic (exact) mass is 273 g/mol. The minimum absolute atomic E-state index is 0. The second-order valence-corrected chi connectivity index (χ2v) is 0. The average Bonchev–Trinajstić information content (AvgIpc) is 0. The first-order valence-electron chi connectivity index (χ1n) is 0. The minimum Gasteiger partial charge on any atom is -1.00 e. The zero-order valence-corrected chi connectivity index (χ0v) is 8.08. The predicted octanol–water partition coefficient (Wildman–Crippen LogP) is -15.0. The summed E-state index contributed by atoms with van der Waals surface area (Å²) in [6, 6.07) is 0. The van der Waals surface area contributed by atoms with E-state index < -0.39 is 0 Å². The van der Waals surface area contributed by atoms with E-state index in [0.717, 1.165) is 0 Å². The van der Waals surface area contributed by atoms with Crippen LogP contribution < -0.4 is 62.0 Å². The molecule has 0 aromatic rings. The van der Waals surface area contributed by atoms with Crippen LogP contribution in [0.3, 0.4) is 0 Å². The van der Waals surface area contributed by atoms with Crippen molar-refractivity contribution in [2.24, 2.45) is 0 Å². The van der Waals surface area contributed by atoms with Gasteiger partial charge < -0.3 is 62.0 Å². The Morgan fingerprint density at radius 2 is 0.333 bits per heavy atom. The number of rotatable bonds is 0. The summed E-state index contributed by atoms with van der Waals surface area (Å²) in [6.07, 6.45) is 0. The van der Waals surface area contributed by atoms with E-state index in [1.165, 1.54) is 0 Å². The SMILES string of the molecule is [Cl-].[Cl-].[Cl-].[Cl-].[Cl-].[Mo]. The molecule has 0 fully saturated rings. The van der Waals surface area contributed by atoms with Gasteiger partial charge >= 0.3 is 0 Å². The fourth-order valence-electron chi connectivity index (χ4n) is 0. The van der Waals surface area contributed by atoms with Crippen molar-refractivity contribution in [3.05, 3.63) is 0 Å². The van der Waals surface area contributed by atoms with Crippen molar-refractivity contribution in [2.45, 2.75) is 0 Å². The van der Waals surface area contributed by atoms with Crippen molar-refractivity contribution in [2.75, 3.05) is 0 Å². The zero-order valence-electron chi connectivity index (χ0n) is 2.30. The molecule has 0 aromatic heterocycles. The molecule has 0 heterocycles. The molecule has 6 heteroatoms. The molecule has 0 N–H and O–H groups in total. The van der Waals surface area contributed by atoms with Gasteiger partial charge in [0.1, 0.15) is 0 Å². The van der Waals surface area contributed by atoms with Crippen LogP contribution in [0.1, 0.15) is 0 Å². The van der Waals surface area contributed by atoms with Gasteiger partial charge in [0, 0.05) is 21.1 Å². The van der Waals surface area contributed by atoms with Gasteiger partial charge in [0.15, 0.2) is 0 Å². The van der Waals surface area contributed by atoms with Crippen LogP contribution in [0.25, 0.3) is 0 Å². The fourth-order valence-corrected chi connectivity index (χ4v) is 0. The molecule has 0 amide bonds. The number of hydrogen-bond donors (Lipinski definition) is 0. The summed E-state index contributed by atoms with van der Waals surface area (Å²) in [5, 5.41) is 0. The molecule has 46 valence electrons. The Bertz CT molecular complexity index is 3.90. The molecule has 0 aliphatic carbocycles. The molecule has 0 radical (unpaired) electrons. The quantitative estimate of drug-likeness (QED) is 0.385. The molecule has 0 aliphatic heterocycles. The van der Waals surface area contributed by atoms with Crippen LogP contribution in [0, 0.1) is 0 Å². The van der Waals surface area contributed by atoms with Gasteiger partial charge in [0.2, 0.25) is 0 Å². The fraction of sp³-hybridized carbons (Fsp3) is 0. The summed E-state index contributed by atoms with van der Waals surface area (Å²) in [7, 11) is 0. The Hall–Kier alpha value is 2.14. The van der Waals surface area contributed by atoms with Crippen LogP contribution in [0.5, 0.6) is 0 Å². The summed E-state index contributed by atoms with van der Waals surface area (Å²) in [5.41, 5.74) is 0. The summed E-state index contributed by atoms with van der Waals surface area (Å²) in [6.45, 7) is 0. The normalized spacial score (nSPS) is 0. The molecule has 0 aromatic carbocycles. The predicted molar refractivity (Wildman–Crippen MR) is 0 cm³/mol. The van der Waals surface area contributed by atoms with Crippen LogP contribution in [0.15, 0.2) is 0 Å². The van der Waals surface area contributed by atoms with E-state index in [0.29, 0.717) is 0 Å². The largest absolute Gasteiger partial charge is 1.00 e. The topological polar surface area (TPSA) is 0 Å². The first-order valence-corrected chi connectivity index (χ1v) is 0. The maximum absolute atomic E-state index is 0. The van der Waals surface area contributed by atoms with Gasteiger partial charge in [-0.25, -0.2) is 0 Å². The molecule has 0 bridgehead atoms. The van der Waals surface area contributed by atoms with E-state index in [9.17, 15) is 0 Å². The molecule has 0 aliphatic rings. The van der Waals surface area contributed by atoms with Crippen molar-refractivity contribution < 1.29 is 83.1 Å². The molecule has 0 saturated carbocycles. The van der Waals surface area contributed by atoms with Crippen molar-refractivity contribution in [3.63, 3.8) is 0 Å². The number of halogens is 5. The van der Waals surface area contributed by atoms with Crippen molar-refractivity contribution >= 4 is 0 Å². The van der Waals surface area contributed by atoms with Crippen LogP contribution in [-0.4, -0.2) is 0 Å². The van der Waals surface area contributed by atoms with Gasteiger partial charge in [0.25, 0.3) is 0 Å². The first kappa shape index (κ1) is 90.7. The zero-order chi connectivity index (χ0) is 0. The van der Waals surface area contributed by atoms with Crippen LogP contribution >= 0.6 is 0 Å². The van der Waals surface area contributed by atoms with E-state index in [1.807, 2.05) is 0 Å². The summed E-state index contributed by atoms with van der Waals surface area (Å²) in [5.74, 6) is 0. The maximum Gasteiger partial charge on any atom is 0 e. The molecule has 0 spiro atoms. The van der Waals surface area contributed by atoms with Gasteiger partial charge in [0.05, 0.1) is 0 Å². The standard InChI is InChI=1S/5ClH.Mo/h5*1H;/p-5. The Balaban J connectivity index is 0. The number of hydrogen-bond acceptors (Lipinski definition) is 0. The summed E-state index contributed by atoms with van der Waals surface area (Å²) in [4.78, 5) is 0. The maximum atomic E-state index is 0. The van der Waals surface area contributed by atoms with Crippen molar-refractivity contribution in [3.8, 4) is 0 Å². The molecule has 0 nitrogen and oxygen atoms in total. The van der Waals surface area contributed by atoms with Crippen LogP contribution in [0.4, 0.5) is 0 Å². The molecule has 6 heavy (non-hydrogen) atoms. The van der Waals surface area contributed by atoms with Crippen molar-refractivity contribution in [1.82, 2.24) is 0 Å².